The van der Waals surface area contributed by atoms with Crippen LogP contribution in [0.3, 0.4) is 0 Å². The number of fused-ring (bicyclic) bond motifs is 1. The van der Waals surface area contributed by atoms with Gasteiger partial charge in [0.15, 0.2) is 0 Å². The van der Waals surface area contributed by atoms with Crippen LogP contribution in [-0.4, -0.2) is 22.1 Å². The van der Waals surface area contributed by atoms with Gasteiger partial charge in [0.1, 0.15) is 5.82 Å². The molecule has 2 heterocycles. The van der Waals surface area contributed by atoms with Crippen LogP contribution in [-0.2, 0) is 17.7 Å². The molecule has 0 aliphatic carbocycles. The normalized spacial score (nSPS) is 24.8. The van der Waals surface area contributed by atoms with Gasteiger partial charge in [0.25, 0.3) is 0 Å². The van der Waals surface area contributed by atoms with E-state index < -0.39 is 0 Å². The Balaban J connectivity index is 2.10. The van der Waals surface area contributed by atoms with Gasteiger partial charge in [-0.05, 0) is 13.8 Å². The molecule has 1 aromatic heterocycles. The fourth-order valence-corrected chi connectivity index (χ4v) is 2.10. The lowest BCUT2D eigenvalue weighted by molar-refractivity contribution is -0.00757. The molecular weight excluding hydrogens is 202 g/mol. The molecule has 2 N–H and O–H groups in total. The molecule has 90 valence electrons. The van der Waals surface area contributed by atoms with E-state index in [1.165, 1.54) is 5.69 Å². The van der Waals surface area contributed by atoms with Crippen molar-refractivity contribution in [1.82, 2.24) is 15.3 Å². The quantitative estimate of drug-likeness (QED) is 0.823. The summed E-state index contributed by atoms with van der Waals surface area (Å²) >= 11 is 0. The molecule has 2 unspecified atom stereocenters. The smallest absolute Gasteiger partial charge is 0.120 e. The van der Waals surface area contributed by atoms with Crippen molar-refractivity contribution in [2.45, 2.75) is 58.9 Å². The molecule has 2 atom stereocenters. The van der Waals surface area contributed by atoms with Gasteiger partial charge in [-0.15, -0.1) is 0 Å². The Labute approximate surface area is 96.8 Å². The first kappa shape index (κ1) is 11.6. The summed E-state index contributed by atoms with van der Waals surface area (Å²) in [6.07, 6.45) is 1.34. The molecule has 1 aliphatic rings. The Bertz CT molecular complexity index is 359. The van der Waals surface area contributed by atoms with Crippen LogP contribution in [0.15, 0.2) is 0 Å². The van der Waals surface area contributed by atoms with Gasteiger partial charge >= 0.3 is 0 Å². The fourth-order valence-electron chi connectivity index (χ4n) is 2.10. The fraction of sp³-hybridized carbons (Fsp3) is 0.750. The summed E-state index contributed by atoms with van der Waals surface area (Å²) in [5, 5.41) is 3.36. The first-order valence-electron chi connectivity index (χ1n) is 6.02. The molecule has 2 rings (SSSR count). The van der Waals surface area contributed by atoms with E-state index in [0.29, 0.717) is 6.04 Å². The Morgan fingerprint density at radius 1 is 1.50 bits per heavy atom. The van der Waals surface area contributed by atoms with Gasteiger partial charge in [-0.1, -0.05) is 13.8 Å². The molecular formula is C12H21N3O. The monoisotopic (exact) mass is 223 g/mol. The second kappa shape index (κ2) is 4.55. The number of nitrogens with zero attached hydrogens (tertiary/aromatic N) is 1. The minimum Gasteiger partial charge on any atom is -0.369 e. The maximum absolute atomic E-state index is 5.75. The van der Waals surface area contributed by atoms with Crippen molar-refractivity contribution in [1.29, 1.82) is 0 Å². The van der Waals surface area contributed by atoms with E-state index in [1.54, 1.807) is 0 Å². The van der Waals surface area contributed by atoms with E-state index in [2.05, 4.69) is 43.0 Å². The van der Waals surface area contributed by atoms with Crippen molar-refractivity contribution in [3.05, 3.63) is 17.2 Å². The van der Waals surface area contributed by atoms with E-state index in [9.17, 15) is 0 Å². The zero-order valence-corrected chi connectivity index (χ0v) is 10.5. The average Bonchev–Trinajstić information content (AvgIpc) is 2.57. The molecule has 1 aromatic rings. The summed E-state index contributed by atoms with van der Waals surface area (Å²) in [6.45, 7) is 9.24. The van der Waals surface area contributed by atoms with Gasteiger partial charge in [0.2, 0.25) is 0 Å². The molecule has 0 fully saturated rings. The molecule has 16 heavy (non-hydrogen) atoms. The number of hydrogen-bond donors (Lipinski definition) is 2. The van der Waals surface area contributed by atoms with Crippen LogP contribution in [0.4, 0.5) is 0 Å². The lowest BCUT2D eigenvalue weighted by Crippen LogP contribution is -2.22. The van der Waals surface area contributed by atoms with Crippen molar-refractivity contribution < 1.29 is 4.74 Å². The molecule has 0 saturated carbocycles. The molecule has 0 bridgehead atoms. The van der Waals surface area contributed by atoms with Gasteiger partial charge in [-0.3, -0.25) is 0 Å². The number of H-pyrrole nitrogens is 1. The Hall–Kier alpha value is -0.870. The number of imidazole rings is 1. The zero-order valence-electron chi connectivity index (χ0n) is 10.5. The molecule has 0 amide bonds. The first-order valence-corrected chi connectivity index (χ1v) is 6.02. The topological polar surface area (TPSA) is 49.9 Å². The van der Waals surface area contributed by atoms with E-state index in [1.807, 2.05) is 0 Å². The van der Waals surface area contributed by atoms with E-state index in [4.69, 9.17) is 4.74 Å². The maximum atomic E-state index is 5.75. The van der Waals surface area contributed by atoms with Crippen molar-refractivity contribution in [3.63, 3.8) is 0 Å². The summed E-state index contributed by atoms with van der Waals surface area (Å²) in [5.41, 5.74) is 2.32. The SMILES string of the molecule is CC(C)NCc1nc2c([nH]1)CC(C)OC2C. The van der Waals surface area contributed by atoms with Crippen molar-refractivity contribution in [2.75, 3.05) is 0 Å². The highest BCUT2D eigenvalue weighted by molar-refractivity contribution is 5.20. The number of rotatable bonds is 3. The number of hydrogen-bond acceptors (Lipinski definition) is 3. The van der Waals surface area contributed by atoms with Gasteiger partial charge in [-0.2, -0.15) is 0 Å². The van der Waals surface area contributed by atoms with Crippen LogP contribution >= 0.6 is 0 Å². The molecule has 4 heteroatoms. The van der Waals surface area contributed by atoms with E-state index >= 15 is 0 Å². The van der Waals surface area contributed by atoms with Crippen LogP contribution in [0, 0.1) is 0 Å². The van der Waals surface area contributed by atoms with Crippen LogP contribution in [0.2, 0.25) is 0 Å². The second-order valence-corrected chi connectivity index (χ2v) is 4.88. The summed E-state index contributed by atoms with van der Waals surface area (Å²) in [7, 11) is 0. The third-order valence-corrected chi connectivity index (χ3v) is 2.85. The number of aromatic nitrogens is 2. The highest BCUT2D eigenvalue weighted by Gasteiger charge is 2.25. The number of nitrogens with one attached hydrogen (secondary N) is 2. The van der Waals surface area contributed by atoms with Gasteiger partial charge < -0.3 is 15.0 Å². The summed E-state index contributed by atoms with van der Waals surface area (Å²) in [5.74, 6) is 1.02. The lowest BCUT2D eigenvalue weighted by atomic mass is 10.1. The van der Waals surface area contributed by atoms with Crippen molar-refractivity contribution in [2.24, 2.45) is 0 Å². The van der Waals surface area contributed by atoms with Crippen molar-refractivity contribution >= 4 is 0 Å². The lowest BCUT2D eigenvalue weighted by Gasteiger charge is -2.23. The third-order valence-electron chi connectivity index (χ3n) is 2.85. The zero-order chi connectivity index (χ0) is 11.7. The molecule has 0 spiro atoms. The third kappa shape index (κ3) is 2.44. The van der Waals surface area contributed by atoms with Crippen LogP contribution in [0.5, 0.6) is 0 Å². The summed E-state index contributed by atoms with van der Waals surface area (Å²) in [6, 6.07) is 0.481. The Kier molecular flexibility index (Phi) is 3.30. The second-order valence-electron chi connectivity index (χ2n) is 4.88. The summed E-state index contributed by atoms with van der Waals surface area (Å²) < 4.78 is 5.75. The number of aromatic amines is 1. The van der Waals surface area contributed by atoms with Gasteiger partial charge in [-0.25, -0.2) is 4.98 Å². The minimum atomic E-state index is 0.114. The minimum absolute atomic E-state index is 0.114. The van der Waals surface area contributed by atoms with Crippen LogP contribution < -0.4 is 5.32 Å². The maximum Gasteiger partial charge on any atom is 0.120 e. The van der Waals surface area contributed by atoms with Crippen LogP contribution in [0.1, 0.15) is 51.0 Å². The summed E-state index contributed by atoms with van der Waals surface area (Å²) in [4.78, 5) is 7.99. The average molecular weight is 223 g/mol. The Morgan fingerprint density at radius 2 is 2.25 bits per heavy atom. The van der Waals surface area contributed by atoms with E-state index in [-0.39, 0.29) is 12.2 Å². The predicted molar refractivity (Wildman–Crippen MR) is 63.2 cm³/mol. The molecule has 1 aliphatic heterocycles. The predicted octanol–water partition coefficient (Wildman–Crippen LogP) is 1.93. The molecule has 4 nitrogen and oxygen atoms in total. The first-order chi connectivity index (χ1) is 7.56. The van der Waals surface area contributed by atoms with Crippen LogP contribution in [0.25, 0.3) is 0 Å². The highest BCUT2D eigenvalue weighted by Crippen LogP contribution is 2.27. The van der Waals surface area contributed by atoms with Crippen molar-refractivity contribution in [3.8, 4) is 0 Å². The molecule has 0 aromatic carbocycles. The molecule has 0 saturated heterocycles. The highest BCUT2D eigenvalue weighted by atomic mass is 16.5. The number of ether oxygens (including phenoxy) is 1. The standard InChI is InChI=1S/C12H21N3O/c1-7(2)13-6-11-14-10-5-8(3)16-9(4)12(10)15-11/h7-9,13H,5-6H2,1-4H3,(H,14,15). The Morgan fingerprint density at radius 3 is 2.94 bits per heavy atom. The van der Waals surface area contributed by atoms with E-state index in [0.717, 1.165) is 24.5 Å². The van der Waals surface area contributed by atoms with Gasteiger partial charge in [0, 0.05) is 18.2 Å². The largest absolute Gasteiger partial charge is 0.369 e. The molecule has 0 radical (unpaired) electrons. The van der Waals surface area contributed by atoms with Gasteiger partial charge in [0.05, 0.1) is 24.4 Å².